The Hall–Kier alpha value is -3.54. The fraction of sp³-hybridized carbons (Fsp3) is 0.447. The normalized spacial score (nSPS) is 21.6. The van der Waals surface area contributed by atoms with Gasteiger partial charge in [-0.25, -0.2) is 4.79 Å². The van der Waals surface area contributed by atoms with Crippen LogP contribution in [0.2, 0.25) is 5.02 Å². The van der Waals surface area contributed by atoms with Crippen molar-refractivity contribution in [1.29, 1.82) is 0 Å². The number of nitrogens with one attached hydrogen (secondary N) is 1. The number of carboxylic acids is 1. The van der Waals surface area contributed by atoms with Crippen LogP contribution in [0.4, 0.5) is 5.69 Å². The molecule has 5 heterocycles. The molecule has 3 aromatic heterocycles. The number of aryl methyl sites for hydroxylation is 5. The summed E-state index contributed by atoms with van der Waals surface area (Å²) in [5, 5.41) is 25.8. The van der Waals surface area contributed by atoms with Crippen LogP contribution in [0.3, 0.4) is 0 Å². The van der Waals surface area contributed by atoms with E-state index in [-0.39, 0.29) is 5.54 Å². The number of anilines is 1. The molecule has 5 aromatic rings. The molecule has 0 amide bonds. The molecule has 3 aliphatic carbocycles. The molecular formula is C38H41ClN6O3S2. The van der Waals surface area contributed by atoms with Crippen molar-refractivity contribution in [2.75, 3.05) is 18.5 Å². The minimum absolute atomic E-state index is 0.0859. The fourth-order valence-corrected chi connectivity index (χ4v) is 11.0. The molecule has 3 saturated carbocycles. The molecule has 12 heteroatoms. The number of nitrogens with zero attached hydrogens (tertiary/aromatic N) is 5. The third-order valence-electron chi connectivity index (χ3n) is 11.3. The molecule has 5 aliphatic rings. The first-order chi connectivity index (χ1) is 24.2. The number of rotatable bonds is 2. The number of carbonyl (C=O) groups is 1. The SMILES string of the molecule is Cc1nn(C23CC(C2)C3)c2c1-c1c(Cl)ccc3c(c(C(=O)O)n(C)c13)CCCOc1cc(cc3c1NCCC3)SCc1cc(nn1C)CSC2. The number of hydrogen-bond donors (Lipinski definition) is 2. The van der Waals surface area contributed by atoms with Gasteiger partial charge in [-0.15, -0.1) is 23.5 Å². The second-order valence-electron chi connectivity index (χ2n) is 14.5. The van der Waals surface area contributed by atoms with Gasteiger partial charge in [0, 0.05) is 65.0 Å². The summed E-state index contributed by atoms with van der Waals surface area (Å²) in [5.41, 5.74) is 10.7. The Balaban J connectivity index is 1.18. The molecule has 260 valence electrons. The van der Waals surface area contributed by atoms with Gasteiger partial charge in [0.05, 0.1) is 45.5 Å². The topological polar surface area (TPSA) is 99.1 Å². The molecule has 3 fully saturated rings. The second kappa shape index (κ2) is 12.3. The minimum Gasteiger partial charge on any atom is -0.491 e. The molecule has 2 N–H and O–H groups in total. The number of benzene rings is 2. The van der Waals surface area contributed by atoms with Gasteiger partial charge in [0.15, 0.2) is 0 Å². The maximum absolute atomic E-state index is 12.9. The summed E-state index contributed by atoms with van der Waals surface area (Å²) in [6.07, 6.45) is 6.87. The first-order valence-electron chi connectivity index (χ1n) is 17.6. The largest absolute Gasteiger partial charge is 0.491 e. The van der Waals surface area contributed by atoms with Crippen molar-refractivity contribution in [1.82, 2.24) is 24.1 Å². The second-order valence-corrected chi connectivity index (χ2v) is 16.9. The number of thioether (sulfide) groups is 2. The molecule has 50 heavy (non-hydrogen) atoms. The molecule has 10 bridgehead atoms. The minimum atomic E-state index is -0.939. The number of aromatic nitrogens is 5. The first kappa shape index (κ1) is 32.4. The lowest BCUT2D eigenvalue weighted by Gasteiger charge is -2.61. The summed E-state index contributed by atoms with van der Waals surface area (Å²) in [5.74, 6) is 3.07. The summed E-state index contributed by atoms with van der Waals surface area (Å²) in [7, 11) is 3.90. The molecule has 2 aromatic carbocycles. The molecule has 0 radical (unpaired) electrons. The summed E-state index contributed by atoms with van der Waals surface area (Å²) < 4.78 is 12.7. The fourth-order valence-electron chi connectivity index (χ4n) is 8.83. The average Bonchev–Trinajstić information content (AvgIpc) is 3.66. The smallest absolute Gasteiger partial charge is 0.352 e. The van der Waals surface area contributed by atoms with E-state index in [1.807, 2.05) is 59.0 Å². The number of aromatic carboxylic acids is 1. The Morgan fingerprint density at radius 2 is 1.90 bits per heavy atom. The zero-order valence-electron chi connectivity index (χ0n) is 28.6. The van der Waals surface area contributed by atoms with E-state index in [9.17, 15) is 9.90 Å². The van der Waals surface area contributed by atoms with Crippen molar-refractivity contribution >= 4 is 57.7 Å². The van der Waals surface area contributed by atoms with E-state index in [0.29, 0.717) is 30.2 Å². The number of halogens is 1. The van der Waals surface area contributed by atoms with Crippen molar-refractivity contribution in [3.63, 3.8) is 0 Å². The zero-order chi connectivity index (χ0) is 34.3. The van der Waals surface area contributed by atoms with Crippen molar-refractivity contribution in [3.05, 3.63) is 75.0 Å². The van der Waals surface area contributed by atoms with Gasteiger partial charge in [-0.3, -0.25) is 9.36 Å². The molecule has 0 atom stereocenters. The summed E-state index contributed by atoms with van der Waals surface area (Å²) in [6.45, 7) is 3.47. The Morgan fingerprint density at radius 3 is 2.68 bits per heavy atom. The Kier molecular flexibility index (Phi) is 7.97. The molecule has 0 unspecified atom stereocenters. The molecule has 9 nitrogen and oxygen atoms in total. The lowest BCUT2D eigenvalue weighted by molar-refractivity contribution is -0.0993. The van der Waals surface area contributed by atoms with Gasteiger partial charge < -0.3 is 19.7 Å². The van der Waals surface area contributed by atoms with Crippen LogP contribution < -0.4 is 10.1 Å². The highest BCUT2D eigenvalue weighted by Crippen LogP contribution is 2.63. The third-order valence-corrected chi connectivity index (χ3v) is 13.6. The van der Waals surface area contributed by atoms with Gasteiger partial charge in [0.2, 0.25) is 0 Å². The molecule has 10 rings (SSSR count). The first-order valence-corrected chi connectivity index (χ1v) is 20.1. The molecule has 0 spiro atoms. The maximum atomic E-state index is 12.9. The van der Waals surface area contributed by atoms with Crippen LogP contribution in [0.1, 0.15) is 76.5 Å². The maximum Gasteiger partial charge on any atom is 0.352 e. The van der Waals surface area contributed by atoms with Crippen molar-refractivity contribution in [3.8, 4) is 16.9 Å². The van der Waals surface area contributed by atoms with Crippen LogP contribution in [0.15, 0.2) is 35.2 Å². The van der Waals surface area contributed by atoms with Crippen molar-refractivity contribution in [2.24, 2.45) is 20.0 Å². The molecular weight excluding hydrogens is 688 g/mol. The number of fused-ring (bicyclic) bond motifs is 8. The lowest BCUT2D eigenvalue weighted by Crippen LogP contribution is -2.60. The van der Waals surface area contributed by atoms with Crippen LogP contribution in [-0.4, -0.2) is 48.4 Å². The zero-order valence-corrected chi connectivity index (χ0v) is 31.0. The van der Waals surface area contributed by atoms with E-state index in [4.69, 9.17) is 26.5 Å². The number of carboxylic acid groups (broad SMARTS) is 1. The van der Waals surface area contributed by atoms with Gasteiger partial charge in [0.25, 0.3) is 0 Å². The summed E-state index contributed by atoms with van der Waals surface area (Å²) in [4.78, 5) is 14.1. The third kappa shape index (κ3) is 5.17. The van der Waals surface area contributed by atoms with E-state index in [2.05, 4.69) is 35.1 Å². The Labute approximate surface area is 305 Å². The quantitative estimate of drug-likeness (QED) is 0.187. The van der Waals surface area contributed by atoms with Crippen LogP contribution in [-0.2, 0) is 49.7 Å². The van der Waals surface area contributed by atoms with E-state index >= 15 is 0 Å². The van der Waals surface area contributed by atoms with Crippen molar-refractivity contribution in [2.45, 2.75) is 79.6 Å². The standard InChI is InChI=1S/C38H41ClN6O3S2/c1-21-32-30(45(41-21)38-15-22(16-38)17-38)20-49-18-24-13-25(44(3)42-24)19-50-26-12-23-6-4-10-40-34(23)31(14-26)48-11-5-7-27-28-8-9-29(39)33(32)35(28)43(2)36(27)37(46)47/h8-9,12-14,22,40H,4-7,10-11,15-20H2,1-3H3,(H,46,47). The predicted molar refractivity (Wildman–Crippen MR) is 201 cm³/mol. The Bertz CT molecular complexity index is 2190. The monoisotopic (exact) mass is 728 g/mol. The molecule has 2 aliphatic heterocycles. The van der Waals surface area contributed by atoms with E-state index in [1.165, 1.54) is 41.1 Å². The van der Waals surface area contributed by atoms with Gasteiger partial charge >= 0.3 is 5.97 Å². The Morgan fingerprint density at radius 1 is 1.06 bits per heavy atom. The highest BCUT2D eigenvalue weighted by molar-refractivity contribution is 7.98. The van der Waals surface area contributed by atoms with E-state index < -0.39 is 5.97 Å². The van der Waals surface area contributed by atoms with Crippen molar-refractivity contribution < 1.29 is 14.6 Å². The van der Waals surface area contributed by atoms with E-state index in [1.54, 1.807) is 0 Å². The number of hydrogen-bond acceptors (Lipinski definition) is 7. The lowest BCUT2D eigenvalue weighted by atomic mass is 9.50. The summed E-state index contributed by atoms with van der Waals surface area (Å²) >= 11 is 10.8. The van der Waals surface area contributed by atoms with Gasteiger partial charge in [-0.05, 0) is 93.2 Å². The predicted octanol–water partition coefficient (Wildman–Crippen LogP) is 8.35. The van der Waals surface area contributed by atoms with Gasteiger partial charge in [-0.2, -0.15) is 10.2 Å². The van der Waals surface area contributed by atoms with Crippen LogP contribution >= 0.6 is 35.1 Å². The highest BCUT2D eigenvalue weighted by Gasteiger charge is 2.59. The summed E-state index contributed by atoms with van der Waals surface area (Å²) in [6, 6.07) is 10.6. The van der Waals surface area contributed by atoms with Gasteiger partial charge in [-0.1, -0.05) is 17.7 Å². The van der Waals surface area contributed by atoms with Crippen LogP contribution in [0.5, 0.6) is 5.75 Å². The number of ether oxygens (including phenoxy) is 1. The van der Waals surface area contributed by atoms with Crippen LogP contribution in [0, 0.1) is 12.8 Å². The van der Waals surface area contributed by atoms with E-state index in [0.717, 1.165) is 93.0 Å². The molecule has 0 saturated heterocycles. The van der Waals surface area contributed by atoms with Gasteiger partial charge in [0.1, 0.15) is 11.4 Å². The average molecular weight is 729 g/mol. The van der Waals surface area contributed by atoms with Crippen LogP contribution in [0.25, 0.3) is 22.0 Å². The highest BCUT2D eigenvalue weighted by atomic mass is 35.5.